The van der Waals surface area contributed by atoms with Crippen LogP contribution in [0, 0.1) is 13.8 Å². The van der Waals surface area contributed by atoms with Crippen LogP contribution in [0.5, 0.6) is 5.75 Å². The van der Waals surface area contributed by atoms with Crippen LogP contribution >= 0.6 is 0 Å². The zero-order valence-electron chi connectivity index (χ0n) is 13.6. The van der Waals surface area contributed by atoms with Gasteiger partial charge in [-0.3, -0.25) is 9.89 Å². The number of methoxy groups -OCH3 is 2. The summed E-state index contributed by atoms with van der Waals surface area (Å²) in [4.78, 5) is 17.1. The summed E-state index contributed by atoms with van der Waals surface area (Å²) >= 11 is 0. The van der Waals surface area contributed by atoms with Gasteiger partial charge < -0.3 is 9.47 Å². The maximum absolute atomic E-state index is 12.5. The highest BCUT2D eigenvalue weighted by Gasteiger charge is 2.18. The summed E-state index contributed by atoms with van der Waals surface area (Å²) in [5.41, 5.74) is 4.51. The summed E-state index contributed by atoms with van der Waals surface area (Å²) in [6, 6.07) is 7.66. The molecule has 0 atom stereocenters. The lowest BCUT2D eigenvalue weighted by Crippen LogP contribution is -2.19. The third-order valence-electron chi connectivity index (χ3n) is 3.99. The summed E-state index contributed by atoms with van der Waals surface area (Å²) in [6.45, 7) is 3.99. The highest BCUT2D eigenvalue weighted by molar-refractivity contribution is 5.80. The monoisotopic (exact) mass is 313 g/mol. The van der Waals surface area contributed by atoms with Crippen molar-refractivity contribution in [3.63, 3.8) is 0 Å². The minimum atomic E-state index is -0.0929. The van der Waals surface area contributed by atoms with E-state index in [1.54, 1.807) is 21.1 Å². The molecule has 0 amide bonds. The molecule has 0 aliphatic heterocycles. The molecular formula is C17H19N3O3. The third kappa shape index (κ3) is 2.51. The standard InChI is InChI=1S/C17H19N3O3/c1-10-11(2)18-16-15(12-5-7-13(23-4)8-6-12)14(9-22-3)19-20(16)17(10)21/h5-8,19H,9H2,1-4H3. The molecule has 0 bridgehead atoms. The fourth-order valence-electron chi connectivity index (χ4n) is 2.62. The summed E-state index contributed by atoms with van der Waals surface area (Å²) in [5.74, 6) is 0.777. The van der Waals surface area contributed by atoms with Crippen LogP contribution in [0.3, 0.4) is 0 Å². The molecule has 6 nitrogen and oxygen atoms in total. The van der Waals surface area contributed by atoms with Crippen LogP contribution in [-0.4, -0.2) is 28.8 Å². The molecule has 0 unspecified atom stereocenters. The van der Waals surface area contributed by atoms with Gasteiger partial charge in [0.25, 0.3) is 5.56 Å². The Morgan fingerprint density at radius 2 is 1.87 bits per heavy atom. The number of H-pyrrole nitrogens is 1. The van der Waals surface area contributed by atoms with Crippen molar-refractivity contribution < 1.29 is 9.47 Å². The molecule has 2 heterocycles. The number of hydrogen-bond acceptors (Lipinski definition) is 4. The molecular weight excluding hydrogens is 294 g/mol. The molecule has 0 aliphatic carbocycles. The van der Waals surface area contributed by atoms with E-state index in [-0.39, 0.29) is 5.56 Å². The Hall–Kier alpha value is -2.60. The van der Waals surface area contributed by atoms with Crippen molar-refractivity contribution in [3.8, 4) is 16.9 Å². The van der Waals surface area contributed by atoms with Gasteiger partial charge in [0.15, 0.2) is 5.65 Å². The summed E-state index contributed by atoms with van der Waals surface area (Å²) in [5, 5.41) is 3.11. The smallest absolute Gasteiger partial charge is 0.275 e. The zero-order chi connectivity index (χ0) is 16.6. The number of rotatable bonds is 4. The highest BCUT2D eigenvalue weighted by atomic mass is 16.5. The first kappa shape index (κ1) is 15.3. The molecule has 0 aliphatic rings. The lowest BCUT2D eigenvalue weighted by Gasteiger charge is -2.05. The molecule has 0 saturated heterocycles. The Morgan fingerprint density at radius 3 is 2.48 bits per heavy atom. The SMILES string of the molecule is COCc1[nH]n2c(=O)c(C)c(C)nc2c1-c1ccc(OC)cc1. The van der Waals surface area contributed by atoms with E-state index in [1.807, 2.05) is 31.2 Å². The molecule has 0 radical (unpaired) electrons. The molecule has 1 N–H and O–H groups in total. The Balaban J connectivity index is 2.32. The average Bonchev–Trinajstić information content (AvgIpc) is 2.91. The van der Waals surface area contributed by atoms with Gasteiger partial charge in [-0.05, 0) is 31.5 Å². The second-order valence-corrected chi connectivity index (χ2v) is 5.41. The molecule has 6 heteroatoms. The second kappa shape index (κ2) is 5.89. The first-order chi connectivity index (χ1) is 11.1. The molecule has 1 aromatic carbocycles. The van der Waals surface area contributed by atoms with Crippen molar-refractivity contribution in [2.75, 3.05) is 14.2 Å². The number of aromatic nitrogens is 3. The van der Waals surface area contributed by atoms with Gasteiger partial charge in [0.1, 0.15) is 5.75 Å². The highest BCUT2D eigenvalue weighted by Crippen LogP contribution is 2.29. The van der Waals surface area contributed by atoms with E-state index in [0.29, 0.717) is 17.8 Å². The minimum Gasteiger partial charge on any atom is -0.497 e. The van der Waals surface area contributed by atoms with Crippen LogP contribution in [0.4, 0.5) is 0 Å². The molecule has 120 valence electrons. The number of aryl methyl sites for hydroxylation is 1. The molecule has 23 heavy (non-hydrogen) atoms. The molecule has 2 aromatic heterocycles. The van der Waals surface area contributed by atoms with Gasteiger partial charge in [-0.1, -0.05) is 12.1 Å². The first-order valence-electron chi connectivity index (χ1n) is 7.31. The van der Waals surface area contributed by atoms with Gasteiger partial charge in [-0.25, -0.2) is 9.50 Å². The van der Waals surface area contributed by atoms with E-state index in [4.69, 9.17) is 9.47 Å². The molecule has 0 saturated carbocycles. The number of nitrogens with zero attached hydrogens (tertiary/aromatic N) is 2. The largest absolute Gasteiger partial charge is 0.497 e. The van der Waals surface area contributed by atoms with Gasteiger partial charge in [0.05, 0.1) is 19.4 Å². The number of ether oxygens (including phenoxy) is 2. The predicted octanol–water partition coefficient (Wildman–Crippen LogP) is 2.46. The number of fused-ring (bicyclic) bond motifs is 1. The van der Waals surface area contributed by atoms with Gasteiger partial charge in [0.2, 0.25) is 0 Å². The summed E-state index contributed by atoms with van der Waals surface area (Å²) in [7, 11) is 3.25. The van der Waals surface area contributed by atoms with Crippen molar-refractivity contribution in [3.05, 3.63) is 51.6 Å². The normalized spacial score (nSPS) is 11.1. The number of benzene rings is 1. The van der Waals surface area contributed by atoms with E-state index < -0.39 is 0 Å². The van der Waals surface area contributed by atoms with Crippen molar-refractivity contribution in [1.82, 2.24) is 14.6 Å². The van der Waals surface area contributed by atoms with E-state index in [1.165, 1.54) is 4.52 Å². The lowest BCUT2D eigenvalue weighted by atomic mass is 10.1. The fraction of sp³-hybridized carbons (Fsp3) is 0.294. The van der Waals surface area contributed by atoms with Crippen LogP contribution < -0.4 is 10.3 Å². The van der Waals surface area contributed by atoms with Crippen LogP contribution in [0.25, 0.3) is 16.8 Å². The molecule has 3 rings (SSSR count). The van der Waals surface area contributed by atoms with Gasteiger partial charge in [0, 0.05) is 23.9 Å². The Bertz CT molecular complexity index is 907. The van der Waals surface area contributed by atoms with Crippen molar-refractivity contribution in [2.45, 2.75) is 20.5 Å². The third-order valence-corrected chi connectivity index (χ3v) is 3.99. The number of aromatic amines is 1. The van der Waals surface area contributed by atoms with Crippen LogP contribution in [-0.2, 0) is 11.3 Å². The van der Waals surface area contributed by atoms with Crippen LogP contribution in [0.15, 0.2) is 29.1 Å². The molecule has 3 aromatic rings. The maximum Gasteiger partial charge on any atom is 0.275 e. The van der Waals surface area contributed by atoms with E-state index in [0.717, 1.165) is 28.3 Å². The second-order valence-electron chi connectivity index (χ2n) is 5.41. The zero-order valence-corrected chi connectivity index (χ0v) is 13.6. The van der Waals surface area contributed by atoms with Crippen molar-refractivity contribution >= 4 is 5.65 Å². The topological polar surface area (TPSA) is 68.6 Å². The Labute approximate surface area is 133 Å². The average molecular weight is 313 g/mol. The number of nitrogens with one attached hydrogen (secondary N) is 1. The van der Waals surface area contributed by atoms with E-state index >= 15 is 0 Å². The maximum atomic E-state index is 12.5. The van der Waals surface area contributed by atoms with Crippen LogP contribution in [0.2, 0.25) is 0 Å². The van der Waals surface area contributed by atoms with Gasteiger partial charge >= 0.3 is 0 Å². The lowest BCUT2D eigenvalue weighted by molar-refractivity contribution is 0.181. The van der Waals surface area contributed by atoms with E-state index in [2.05, 4.69) is 10.1 Å². The molecule has 0 fully saturated rings. The quantitative estimate of drug-likeness (QED) is 0.803. The van der Waals surface area contributed by atoms with Gasteiger partial charge in [-0.2, -0.15) is 0 Å². The van der Waals surface area contributed by atoms with Crippen molar-refractivity contribution in [2.24, 2.45) is 0 Å². The summed E-state index contributed by atoms with van der Waals surface area (Å²) in [6.07, 6.45) is 0. The summed E-state index contributed by atoms with van der Waals surface area (Å²) < 4.78 is 12.0. The van der Waals surface area contributed by atoms with Crippen molar-refractivity contribution in [1.29, 1.82) is 0 Å². The van der Waals surface area contributed by atoms with Gasteiger partial charge in [-0.15, -0.1) is 0 Å². The van der Waals surface area contributed by atoms with E-state index in [9.17, 15) is 4.79 Å². The Morgan fingerprint density at radius 1 is 1.17 bits per heavy atom. The Kier molecular flexibility index (Phi) is 3.92. The van der Waals surface area contributed by atoms with Crippen LogP contribution in [0.1, 0.15) is 17.0 Å². The minimum absolute atomic E-state index is 0.0929. The number of hydrogen-bond donors (Lipinski definition) is 1. The first-order valence-corrected chi connectivity index (χ1v) is 7.31. The predicted molar refractivity (Wildman–Crippen MR) is 88.0 cm³/mol. The fourth-order valence-corrected chi connectivity index (χ4v) is 2.62. The molecule has 0 spiro atoms.